The number of rotatable bonds is 6. The first kappa shape index (κ1) is 11.4. The summed E-state index contributed by atoms with van der Waals surface area (Å²) in [7, 11) is 0. The maximum absolute atomic E-state index is 5.59. The second-order valence-electron chi connectivity index (χ2n) is 4.71. The van der Waals surface area contributed by atoms with E-state index in [4.69, 9.17) is 9.47 Å². The van der Waals surface area contributed by atoms with Crippen LogP contribution in [0.5, 0.6) is 0 Å². The number of nitrogens with one attached hydrogen (secondary N) is 1. The van der Waals surface area contributed by atoms with Crippen molar-refractivity contribution in [3.05, 3.63) is 0 Å². The zero-order valence-corrected chi connectivity index (χ0v) is 9.54. The minimum absolute atomic E-state index is 0.650. The molecule has 15 heavy (non-hydrogen) atoms. The molecule has 0 spiro atoms. The van der Waals surface area contributed by atoms with Crippen LogP contribution < -0.4 is 5.32 Å². The first-order valence-electron chi connectivity index (χ1n) is 6.34. The van der Waals surface area contributed by atoms with Crippen molar-refractivity contribution in [3.63, 3.8) is 0 Å². The fraction of sp³-hybridized carbons (Fsp3) is 1.00. The van der Waals surface area contributed by atoms with Crippen molar-refractivity contribution in [2.24, 2.45) is 5.92 Å². The van der Waals surface area contributed by atoms with Gasteiger partial charge in [-0.2, -0.15) is 0 Å². The molecule has 1 unspecified atom stereocenters. The van der Waals surface area contributed by atoms with Crippen LogP contribution in [-0.2, 0) is 9.47 Å². The van der Waals surface area contributed by atoms with Crippen LogP contribution in [0, 0.1) is 5.92 Å². The lowest BCUT2D eigenvalue weighted by Gasteiger charge is -2.15. The van der Waals surface area contributed by atoms with Gasteiger partial charge in [0.25, 0.3) is 0 Å². The number of hydrogen-bond acceptors (Lipinski definition) is 3. The first-order chi connectivity index (χ1) is 7.45. The smallest absolute Gasteiger partial charge is 0.0591 e. The minimum Gasteiger partial charge on any atom is -0.381 e. The summed E-state index contributed by atoms with van der Waals surface area (Å²) in [5.41, 5.74) is 0. The molecule has 0 bridgehead atoms. The maximum Gasteiger partial charge on any atom is 0.0591 e. The molecular weight excluding hydrogens is 190 g/mol. The van der Waals surface area contributed by atoms with Crippen LogP contribution >= 0.6 is 0 Å². The molecule has 1 heterocycles. The Bertz CT molecular complexity index is 163. The summed E-state index contributed by atoms with van der Waals surface area (Å²) in [5.74, 6) is 0.885. The van der Waals surface area contributed by atoms with Gasteiger partial charge < -0.3 is 14.8 Å². The van der Waals surface area contributed by atoms with Crippen LogP contribution in [0.2, 0.25) is 0 Å². The molecule has 88 valence electrons. The van der Waals surface area contributed by atoms with E-state index in [9.17, 15) is 0 Å². The van der Waals surface area contributed by atoms with Gasteiger partial charge in [0.05, 0.1) is 6.61 Å². The fourth-order valence-corrected chi connectivity index (χ4v) is 1.98. The topological polar surface area (TPSA) is 30.5 Å². The molecule has 2 fully saturated rings. The van der Waals surface area contributed by atoms with Gasteiger partial charge >= 0.3 is 0 Å². The van der Waals surface area contributed by atoms with E-state index in [0.717, 1.165) is 45.3 Å². The van der Waals surface area contributed by atoms with Crippen molar-refractivity contribution < 1.29 is 9.47 Å². The highest BCUT2D eigenvalue weighted by atomic mass is 16.5. The normalized spacial score (nSPS) is 27.6. The van der Waals surface area contributed by atoms with Crippen molar-refractivity contribution in [3.8, 4) is 0 Å². The van der Waals surface area contributed by atoms with Crippen molar-refractivity contribution in [1.29, 1.82) is 0 Å². The lowest BCUT2D eigenvalue weighted by Crippen LogP contribution is -2.32. The van der Waals surface area contributed by atoms with Crippen LogP contribution in [-0.4, -0.2) is 39.0 Å². The third-order valence-electron chi connectivity index (χ3n) is 3.18. The molecule has 0 aromatic heterocycles. The minimum atomic E-state index is 0.650. The summed E-state index contributed by atoms with van der Waals surface area (Å²) < 4.78 is 11.0. The van der Waals surface area contributed by atoms with Crippen molar-refractivity contribution >= 4 is 0 Å². The van der Waals surface area contributed by atoms with E-state index < -0.39 is 0 Å². The molecule has 3 nitrogen and oxygen atoms in total. The zero-order valence-electron chi connectivity index (χ0n) is 9.54. The number of hydrogen-bond donors (Lipinski definition) is 1. The molecule has 0 aromatic rings. The van der Waals surface area contributed by atoms with Crippen molar-refractivity contribution in [2.45, 2.75) is 38.1 Å². The highest BCUT2D eigenvalue weighted by Gasteiger charge is 2.20. The fourth-order valence-electron chi connectivity index (χ4n) is 1.98. The highest BCUT2D eigenvalue weighted by Crippen LogP contribution is 2.28. The summed E-state index contributed by atoms with van der Waals surface area (Å²) in [6.45, 7) is 4.71. The van der Waals surface area contributed by atoms with Crippen molar-refractivity contribution in [2.75, 3.05) is 33.0 Å². The van der Waals surface area contributed by atoms with Gasteiger partial charge in [0.15, 0.2) is 0 Å². The van der Waals surface area contributed by atoms with E-state index in [1.54, 1.807) is 0 Å². The van der Waals surface area contributed by atoms with Gasteiger partial charge in [-0.25, -0.2) is 0 Å². The molecule has 0 radical (unpaired) electrons. The molecule has 2 rings (SSSR count). The molecular formula is C12H23NO2. The third kappa shape index (κ3) is 4.96. The molecule has 1 saturated heterocycles. The van der Waals surface area contributed by atoms with Crippen molar-refractivity contribution in [1.82, 2.24) is 5.32 Å². The van der Waals surface area contributed by atoms with Crippen LogP contribution in [0.15, 0.2) is 0 Å². The van der Waals surface area contributed by atoms with Gasteiger partial charge in [-0.05, 0) is 38.0 Å². The highest BCUT2D eigenvalue weighted by molar-refractivity contribution is 4.72. The summed E-state index contributed by atoms with van der Waals surface area (Å²) in [5, 5.41) is 3.55. The Morgan fingerprint density at radius 2 is 2.07 bits per heavy atom. The standard InChI is InChI=1S/C12H23NO2/c1-2-12(5-8-14-7-1)13-6-9-15-10-11-3-4-11/h11-13H,1-10H2. The largest absolute Gasteiger partial charge is 0.381 e. The summed E-state index contributed by atoms with van der Waals surface area (Å²) in [6, 6.07) is 0.650. The van der Waals surface area contributed by atoms with E-state index in [1.165, 1.54) is 25.7 Å². The molecule has 1 saturated carbocycles. The van der Waals surface area contributed by atoms with Crippen LogP contribution in [0.4, 0.5) is 0 Å². The SMILES string of the molecule is C1COCCC(NCCOCC2CC2)C1. The molecule has 1 N–H and O–H groups in total. The van der Waals surface area contributed by atoms with Gasteiger partial charge in [-0.15, -0.1) is 0 Å². The lowest BCUT2D eigenvalue weighted by molar-refractivity contribution is 0.122. The summed E-state index contributed by atoms with van der Waals surface area (Å²) in [6.07, 6.45) is 6.37. The Balaban J connectivity index is 1.44. The van der Waals surface area contributed by atoms with Gasteiger partial charge in [0.1, 0.15) is 0 Å². The second-order valence-corrected chi connectivity index (χ2v) is 4.71. The Morgan fingerprint density at radius 1 is 1.13 bits per heavy atom. The average Bonchev–Trinajstić information content (AvgIpc) is 3.03. The molecule has 0 amide bonds. The predicted molar refractivity (Wildman–Crippen MR) is 60.0 cm³/mol. The molecule has 1 aliphatic carbocycles. The Kier molecular flexibility index (Phi) is 4.90. The Morgan fingerprint density at radius 3 is 2.93 bits per heavy atom. The second kappa shape index (κ2) is 6.46. The Labute approximate surface area is 92.5 Å². The zero-order chi connectivity index (χ0) is 10.3. The van der Waals surface area contributed by atoms with Gasteiger partial charge in [-0.3, -0.25) is 0 Å². The summed E-state index contributed by atoms with van der Waals surface area (Å²) in [4.78, 5) is 0. The van der Waals surface area contributed by atoms with Crippen LogP contribution in [0.3, 0.4) is 0 Å². The molecule has 0 aromatic carbocycles. The third-order valence-corrected chi connectivity index (χ3v) is 3.18. The molecule has 2 aliphatic rings. The van der Waals surface area contributed by atoms with Gasteiger partial charge in [0.2, 0.25) is 0 Å². The van der Waals surface area contributed by atoms with Crippen LogP contribution in [0.25, 0.3) is 0 Å². The molecule has 3 heteroatoms. The van der Waals surface area contributed by atoms with E-state index in [2.05, 4.69) is 5.32 Å². The Hall–Kier alpha value is -0.120. The van der Waals surface area contributed by atoms with E-state index in [0.29, 0.717) is 6.04 Å². The van der Waals surface area contributed by atoms with Crippen LogP contribution in [0.1, 0.15) is 32.1 Å². The van der Waals surface area contributed by atoms with E-state index in [1.807, 2.05) is 0 Å². The lowest BCUT2D eigenvalue weighted by atomic mass is 10.1. The predicted octanol–water partition coefficient (Wildman–Crippen LogP) is 1.57. The molecule has 1 aliphatic heterocycles. The average molecular weight is 213 g/mol. The quantitative estimate of drug-likeness (QED) is 0.679. The monoisotopic (exact) mass is 213 g/mol. The van der Waals surface area contributed by atoms with E-state index >= 15 is 0 Å². The van der Waals surface area contributed by atoms with E-state index in [-0.39, 0.29) is 0 Å². The van der Waals surface area contributed by atoms with Gasteiger partial charge in [0, 0.05) is 32.4 Å². The first-order valence-corrected chi connectivity index (χ1v) is 6.34. The number of ether oxygens (including phenoxy) is 2. The maximum atomic E-state index is 5.59. The van der Waals surface area contributed by atoms with Gasteiger partial charge in [-0.1, -0.05) is 0 Å². The summed E-state index contributed by atoms with van der Waals surface area (Å²) >= 11 is 0. The molecule has 1 atom stereocenters.